The highest BCUT2D eigenvalue weighted by atomic mass is 35.5. The molecular weight excluding hydrogens is 128 g/mol. The van der Waals surface area contributed by atoms with Crippen molar-refractivity contribution >= 4 is 5.97 Å². The zero-order valence-electron chi connectivity index (χ0n) is 4.43. The van der Waals surface area contributed by atoms with E-state index in [1.165, 1.54) is 0 Å². The summed E-state index contributed by atoms with van der Waals surface area (Å²) in [5.74, 6) is -0.619. The molecule has 0 radical (unpaired) electrons. The van der Waals surface area contributed by atoms with Crippen LogP contribution >= 0.6 is 0 Å². The maximum absolute atomic E-state index is 9.98. The minimum atomic E-state index is -0.619. The lowest BCUT2D eigenvalue weighted by Gasteiger charge is -2.19. The van der Waals surface area contributed by atoms with Crippen molar-refractivity contribution in [2.75, 3.05) is 0 Å². The molecule has 0 aliphatic heterocycles. The minimum Gasteiger partial charge on any atom is -1.00 e. The summed E-state index contributed by atoms with van der Waals surface area (Å²) in [6.45, 7) is 0. The van der Waals surface area contributed by atoms with E-state index in [9.17, 15) is 4.79 Å². The molecule has 1 fully saturated rings. The van der Waals surface area contributed by atoms with E-state index in [2.05, 4.69) is 0 Å². The average Bonchev–Trinajstić information content (AvgIpc) is 1.23. The average molecular weight is 136 g/mol. The van der Waals surface area contributed by atoms with E-state index in [1.807, 2.05) is 0 Å². The standard InChI is InChI=1S/C5H8O2.ClH/c6-5(7)4-2-1-3-4;/h4H,1-3H2,(H,6,7);1H/p-1. The van der Waals surface area contributed by atoms with Gasteiger partial charge in [-0.3, -0.25) is 4.79 Å². The van der Waals surface area contributed by atoms with Crippen LogP contribution in [-0.2, 0) is 4.79 Å². The second kappa shape index (κ2) is 2.92. The SMILES string of the molecule is O=C(O)C1CCC1.[Cl-]. The minimum absolute atomic E-state index is 0. The fourth-order valence-electron chi connectivity index (χ4n) is 0.655. The van der Waals surface area contributed by atoms with Gasteiger partial charge in [0.1, 0.15) is 0 Å². The molecule has 8 heavy (non-hydrogen) atoms. The molecule has 1 N–H and O–H groups in total. The molecule has 0 atom stereocenters. The summed E-state index contributed by atoms with van der Waals surface area (Å²) in [6.07, 6.45) is 2.90. The Balaban J connectivity index is 0.000000490. The number of carboxylic acid groups (broad SMARTS) is 1. The summed E-state index contributed by atoms with van der Waals surface area (Å²) in [7, 11) is 0. The Morgan fingerprint density at radius 3 is 2.00 bits per heavy atom. The molecule has 48 valence electrons. The molecule has 0 saturated heterocycles. The van der Waals surface area contributed by atoms with Gasteiger partial charge in [0.15, 0.2) is 0 Å². The summed E-state index contributed by atoms with van der Waals surface area (Å²) < 4.78 is 0. The van der Waals surface area contributed by atoms with Crippen LogP contribution in [0.5, 0.6) is 0 Å². The molecule has 0 aromatic rings. The lowest BCUT2D eigenvalue weighted by atomic mass is 9.86. The number of rotatable bonds is 1. The molecule has 0 heterocycles. The van der Waals surface area contributed by atoms with Crippen LogP contribution in [0, 0.1) is 5.92 Å². The van der Waals surface area contributed by atoms with Crippen LogP contribution in [-0.4, -0.2) is 11.1 Å². The van der Waals surface area contributed by atoms with Gasteiger partial charge in [-0.2, -0.15) is 0 Å². The molecule has 3 heteroatoms. The van der Waals surface area contributed by atoms with E-state index in [4.69, 9.17) is 5.11 Å². The smallest absolute Gasteiger partial charge is 0.306 e. The molecule has 1 saturated carbocycles. The van der Waals surface area contributed by atoms with Gasteiger partial charge in [0.05, 0.1) is 5.92 Å². The highest BCUT2D eigenvalue weighted by Gasteiger charge is 2.23. The predicted molar refractivity (Wildman–Crippen MR) is 25.0 cm³/mol. The zero-order valence-corrected chi connectivity index (χ0v) is 5.19. The number of hydrogen-bond donors (Lipinski definition) is 1. The van der Waals surface area contributed by atoms with Gasteiger partial charge in [-0.05, 0) is 12.8 Å². The van der Waals surface area contributed by atoms with Crippen molar-refractivity contribution < 1.29 is 22.3 Å². The predicted octanol–water partition coefficient (Wildman–Crippen LogP) is -2.12. The Labute approximate surface area is 54.3 Å². The van der Waals surface area contributed by atoms with Crippen LogP contribution in [0.25, 0.3) is 0 Å². The Hall–Kier alpha value is -0.240. The summed E-state index contributed by atoms with van der Waals surface area (Å²) in [4.78, 5) is 9.98. The highest BCUT2D eigenvalue weighted by molar-refractivity contribution is 5.70. The van der Waals surface area contributed by atoms with E-state index in [0.717, 1.165) is 19.3 Å². The van der Waals surface area contributed by atoms with Crippen molar-refractivity contribution in [1.29, 1.82) is 0 Å². The van der Waals surface area contributed by atoms with Crippen LogP contribution in [0.3, 0.4) is 0 Å². The maximum Gasteiger partial charge on any atom is 0.306 e. The van der Waals surface area contributed by atoms with Crippen molar-refractivity contribution in [2.24, 2.45) is 5.92 Å². The summed E-state index contributed by atoms with van der Waals surface area (Å²) in [6, 6.07) is 0. The Kier molecular flexibility index (Phi) is 2.84. The largest absolute Gasteiger partial charge is 1.00 e. The van der Waals surface area contributed by atoms with E-state index in [-0.39, 0.29) is 18.3 Å². The first-order chi connectivity index (χ1) is 3.30. The van der Waals surface area contributed by atoms with Crippen LogP contribution in [0.2, 0.25) is 0 Å². The van der Waals surface area contributed by atoms with Gasteiger partial charge in [-0.15, -0.1) is 0 Å². The van der Waals surface area contributed by atoms with E-state index in [0.29, 0.717) is 0 Å². The number of hydrogen-bond acceptors (Lipinski definition) is 1. The van der Waals surface area contributed by atoms with E-state index in [1.54, 1.807) is 0 Å². The quantitative estimate of drug-likeness (QED) is 0.446. The van der Waals surface area contributed by atoms with Crippen molar-refractivity contribution in [3.8, 4) is 0 Å². The lowest BCUT2D eigenvalue weighted by Crippen LogP contribution is -3.00. The number of carbonyl (C=O) groups is 1. The third kappa shape index (κ3) is 1.37. The third-order valence-electron chi connectivity index (χ3n) is 1.45. The fraction of sp³-hybridized carbons (Fsp3) is 0.800. The van der Waals surface area contributed by atoms with E-state index < -0.39 is 5.97 Å². The highest BCUT2D eigenvalue weighted by Crippen LogP contribution is 2.25. The second-order valence-electron chi connectivity index (χ2n) is 1.97. The normalized spacial score (nSPS) is 18.5. The molecule has 1 aliphatic carbocycles. The van der Waals surface area contributed by atoms with Crippen LogP contribution in [0.4, 0.5) is 0 Å². The van der Waals surface area contributed by atoms with Crippen LogP contribution < -0.4 is 12.4 Å². The van der Waals surface area contributed by atoms with Gasteiger partial charge in [0, 0.05) is 0 Å². The first kappa shape index (κ1) is 7.76. The number of aliphatic carboxylic acids is 1. The third-order valence-corrected chi connectivity index (χ3v) is 1.45. The van der Waals surface area contributed by atoms with E-state index >= 15 is 0 Å². The number of halogens is 1. The monoisotopic (exact) mass is 135 g/mol. The van der Waals surface area contributed by atoms with Crippen molar-refractivity contribution in [2.45, 2.75) is 19.3 Å². The second-order valence-corrected chi connectivity index (χ2v) is 1.97. The summed E-state index contributed by atoms with van der Waals surface area (Å²) >= 11 is 0. The molecule has 0 aromatic carbocycles. The molecule has 0 bridgehead atoms. The van der Waals surface area contributed by atoms with Gasteiger partial charge in [-0.25, -0.2) is 0 Å². The van der Waals surface area contributed by atoms with Crippen LogP contribution in [0.1, 0.15) is 19.3 Å². The topological polar surface area (TPSA) is 37.3 Å². The van der Waals surface area contributed by atoms with Crippen molar-refractivity contribution in [3.05, 3.63) is 0 Å². The van der Waals surface area contributed by atoms with Gasteiger partial charge >= 0.3 is 5.97 Å². The maximum atomic E-state index is 9.98. The Morgan fingerprint density at radius 1 is 1.50 bits per heavy atom. The molecule has 0 spiro atoms. The van der Waals surface area contributed by atoms with Gasteiger partial charge < -0.3 is 17.5 Å². The Bertz CT molecular complexity index is 88.4. The molecule has 2 nitrogen and oxygen atoms in total. The van der Waals surface area contributed by atoms with Crippen molar-refractivity contribution in [1.82, 2.24) is 0 Å². The molecular formula is C5H8ClO2-. The first-order valence-corrected chi connectivity index (χ1v) is 2.53. The lowest BCUT2D eigenvalue weighted by molar-refractivity contribution is -0.144. The van der Waals surface area contributed by atoms with Crippen LogP contribution in [0.15, 0.2) is 0 Å². The summed E-state index contributed by atoms with van der Waals surface area (Å²) in [5.41, 5.74) is 0. The molecule has 0 unspecified atom stereocenters. The number of carboxylic acids is 1. The van der Waals surface area contributed by atoms with Crippen molar-refractivity contribution in [3.63, 3.8) is 0 Å². The molecule has 0 aromatic heterocycles. The van der Waals surface area contributed by atoms with Gasteiger partial charge in [-0.1, -0.05) is 6.42 Å². The van der Waals surface area contributed by atoms with Gasteiger partial charge in [0.25, 0.3) is 0 Å². The zero-order chi connectivity index (χ0) is 5.28. The first-order valence-electron chi connectivity index (χ1n) is 2.53. The van der Waals surface area contributed by atoms with Gasteiger partial charge in [0.2, 0.25) is 0 Å². The molecule has 1 rings (SSSR count). The fourth-order valence-corrected chi connectivity index (χ4v) is 0.655. The molecule has 0 amide bonds. The summed E-state index contributed by atoms with van der Waals surface area (Å²) in [5, 5.41) is 8.23. The Morgan fingerprint density at radius 2 is 2.00 bits per heavy atom. The molecule has 1 aliphatic rings.